The molecule has 1 aromatic carbocycles. The van der Waals surface area contributed by atoms with E-state index in [-0.39, 0.29) is 11.9 Å². The largest absolute Gasteiger partial charge is 0.496 e. The van der Waals surface area contributed by atoms with E-state index in [9.17, 15) is 4.79 Å². The smallest absolute Gasteiger partial charge is 0.258 e. The van der Waals surface area contributed by atoms with E-state index in [2.05, 4.69) is 16.3 Å². The monoisotopic (exact) mass is 334 g/mol. The fourth-order valence-corrected chi connectivity index (χ4v) is 3.29. The van der Waals surface area contributed by atoms with Crippen LogP contribution in [0.5, 0.6) is 11.5 Å². The molecule has 1 N–H and O–H groups in total. The lowest BCUT2D eigenvalue weighted by Gasteiger charge is -2.24. The van der Waals surface area contributed by atoms with Crippen LogP contribution in [-0.2, 0) is 0 Å². The van der Waals surface area contributed by atoms with Crippen LogP contribution < -0.4 is 14.8 Å². The highest BCUT2D eigenvalue weighted by Crippen LogP contribution is 2.28. The number of rotatable bonds is 7. The van der Waals surface area contributed by atoms with Gasteiger partial charge in [0.1, 0.15) is 17.1 Å². The van der Waals surface area contributed by atoms with E-state index < -0.39 is 0 Å². The summed E-state index contributed by atoms with van der Waals surface area (Å²) >= 11 is 1.68. The van der Waals surface area contributed by atoms with Gasteiger partial charge in [-0.1, -0.05) is 12.1 Å². The Labute approximate surface area is 140 Å². The van der Waals surface area contributed by atoms with Crippen LogP contribution in [-0.4, -0.2) is 45.7 Å². The molecule has 124 valence electrons. The lowest BCUT2D eigenvalue weighted by atomic mass is 10.1. The maximum Gasteiger partial charge on any atom is 0.258 e. The van der Waals surface area contributed by atoms with Gasteiger partial charge in [-0.15, -0.1) is 11.3 Å². The van der Waals surface area contributed by atoms with Gasteiger partial charge < -0.3 is 19.7 Å². The summed E-state index contributed by atoms with van der Waals surface area (Å²) in [4.78, 5) is 15.9. The van der Waals surface area contributed by atoms with Crippen molar-refractivity contribution in [3.8, 4) is 11.5 Å². The summed E-state index contributed by atoms with van der Waals surface area (Å²) in [6, 6.07) is 9.51. The maximum atomic E-state index is 12.6. The minimum absolute atomic E-state index is 0.125. The molecular weight excluding hydrogens is 312 g/mol. The molecule has 0 aliphatic carbocycles. The zero-order chi connectivity index (χ0) is 16.8. The number of thiophene rings is 1. The van der Waals surface area contributed by atoms with Crippen molar-refractivity contribution in [1.29, 1.82) is 0 Å². The van der Waals surface area contributed by atoms with Crippen LogP contribution in [0, 0.1) is 0 Å². The number of likely N-dealkylation sites (N-methyl/N-ethyl adjacent to an activating group) is 1. The zero-order valence-corrected chi connectivity index (χ0v) is 14.6. The van der Waals surface area contributed by atoms with E-state index in [1.165, 1.54) is 4.88 Å². The molecular formula is C17H22N2O3S. The molecule has 23 heavy (non-hydrogen) atoms. The van der Waals surface area contributed by atoms with Gasteiger partial charge in [0.05, 0.1) is 20.3 Å². The topological polar surface area (TPSA) is 50.8 Å². The summed E-state index contributed by atoms with van der Waals surface area (Å²) in [6.45, 7) is 0.507. The van der Waals surface area contributed by atoms with Gasteiger partial charge in [-0.05, 0) is 37.7 Å². The Morgan fingerprint density at radius 3 is 2.30 bits per heavy atom. The molecule has 1 aromatic heterocycles. The van der Waals surface area contributed by atoms with E-state index in [1.807, 2.05) is 25.5 Å². The Hall–Kier alpha value is -2.05. The number of carbonyl (C=O) groups excluding carboxylic acids is 1. The highest BCUT2D eigenvalue weighted by molar-refractivity contribution is 7.10. The first-order valence-electron chi connectivity index (χ1n) is 7.27. The van der Waals surface area contributed by atoms with Crippen molar-refractivity contribution in [1.82, 2.24) is 10.2 Å². The van der Waals surface area contributed by atoms with Crippen LogP contribution in [0.4, 0.5) is 0 Å². The van der Waals surface area contributed by atoms with Gasteiger partial charge in [-0.2, -0.15) is 0 Å². The summed E-state index contributed by atoms with van der Waals surface area (Å²) in [5, 5.41) is 5.02. The Morgan fingerprint density at radius 2 is 1.83 bits per heavy atom. The second-order valence-corrected chi connectivity index (χ2v) is 6.22. The lowest BCUT2D eigenvalue weighted by molar-refractivity contribution is 0.0936. The Bertz CT molecular complexity index is 619. The quantitative estimate of drug-likeness (QED) is 0.846. The molecule has 5 nitrogen and oxygen atoms in total. The molecule has 6 heteroatoms. The van der Waals surface area contributed by atoms with E-state index in [0.29, 0.717) is 23.6 Å². The molecule has 0 radical (unpaired) electrons. The molecule has 0 spiro atoms. The van der Waals surface area contributed by atoms with Gasteiger partial charge in [0.2, 0.25) is 0 Å². The van der Waals surface area contributed by atoms with Crippen molar-refractivity contribution in [2.45, 2.75) is 6.04 Å². The molecule has 0 bridgehead atoms. The van der Waals surface area contributed by atoms with Crippen LogP contribution in [0.3, 0.4) is 0 Å². The first-order valence-corrected chi connectivity index (χ1v) is 8.15. The molecule has 0 aliphatic rings. The van der Waals surface area contributed by atoms with Gasteiger partial charge >= 0.3 is 0 Å². The molecule has 1 heterocycles. The Kier molecular flexibility index (Phi) is 6.01. The molecule has 0 fully saturated rings. The maximum absolute atomic E-state index is 12.6. The third kappa shape index (κ3) is 4.03. The number of nitrogens with zero attached hydrogens (tertiary/aromatic N) is 1. The average molecular weight is 334 g/mol. The average Bonchev–Trinajstić information content (AvgIpc) is 3.07. The molecule has 0 saturated carbocycles. The van der Waals surface area contributed by atoms with Crippen LogP contribution in [0.15, 0.2) is 35.7 Å². The van der Waals surface area contributed by atoms with Crippen LogP contribution in [0.25, 0.3) is 0 Å². The minimum atomic E-state index is -0.206. The summed E-state index contributed by atoms with van der Waals surface area (Å²) < 4.78 is 10.6. The molecule has 2 rings (SSSR count). The number of methoxy groups -OCH3 is 2. The predicted octanol–water partition coefficient (Wildman–Crippen LogP) is 2.80. The van der Waals surface area contributed by atoms with Crippen molar-refractivity contribution in [2.24, 2.45) is 0 Å². The second-order valence-electron chi connectivity index (χ2n) is 5.24. The van der Waals surface area contributed by atoms with Gasteiger partial charge in [0.15, 0.2) is 0 Å². The molecule has 1 amide bonds. The third-order valence-corrected chi connectivity index (χ3v) is 4.58. The first kappa shape index (κ1) is 17.3. The van der Waals surface area contributed by atoms with Crippen molar-refractivity contribution in [3.05, 3.63) is 46.2 Å². The Morgan fingerprint density at radius 1 is 1.17 bits per heavy atom. The number of nitrogens with one attached hydrogen (secondary N) is 1. The highest BCUT2D eigenvalue weighted by Gasteiger charge is 2.21. The van der Waals surface area contributed by atoms with Crippen LogP contribution in [0.1, 0.15) is 21.3 Å². The summed E-state index contributed by atoms with van der Waals surface area (Å²) in [6.07, 6.45) is 0. The normalized spacial score (nSPS) is 12.0. The molecule has 2 aromatic rings. The van der Waals surface area contributed by atoms with Crippen LogP contribution >= 0.6 is 11.3 Å². The number of benzene rings is 1. The molecule has 1 unspecified atom stereocenters. The van der Waals surface area contributed by atoms with Gasteiger partial charge in [0.25, 0.3) is 5.91 Å². The molecule has 1 atom stereocenters. The first-order chi connectivity index (χ1) is 11.1. The zero-order valence-electron chi connectivity index (χ0n) is 13.8. The summed E-state index contributed by atoms with van der Waals surface area (Å²) in [5.41, 5.74) is 0.418. The van der Waals surface area contributed by atoms with Crippen molar-refractivity contribution < 1.29 is 14.3 Å². The summed E-state index contributed by atoms with van der Waals surface area (Å²) in [5.74, 6) is 0.793. The van der Waals surface area contributed by atoms with Crippen molar-refractivity contribution in [2.75, 3.05) is 34.9 Å². The molecule has 0 saturated heterocycles. The standard InChI is InChI=1S/C17H22N2O3S/c1-19(2)12(15-9-6-10-23-15)11-18-17(20)16-13(21-3)7-5-8-14(16)22-4/h5-10,12H,11H2,1-4H3,(H,18,20). The second kappa shape index (κ2) is 7.99. The molecule has 0 aliphatic heterocycles. The number of ether oxygens (including phenoxy) is 2. The fourth-order valence-electron chi connectivity index (χ4n) is 2.37. The van der Waals surface area contributed by atoms with E-state index in [1.54, 1.807) is 43.8 Å². The number of amides is 1. The van der Waals surface area contributed by atoms with Crippen molar-refractivity contribution in [3.63, 3.8) is 0 Å². The SMILES string of the molecule is COc1cccc(OC)c1C(=O)NCC(c1cccs1)N(C)C. The summed E-state index contributed by atoms with van der Waals surface area (Å²) in [7, 11) is 7.08. The number of carbonyl (C=O) groups is 1. The number of hydrogen-bond acceptors (Lipinski definition) is 5. The van der Waals surface area contributed by atoms with E-state index in [0.717, 1.165) is 0 Å². The lowest BCUT2D eigenvalue weighted by Crippen LogP contribution is -2.34. The van der Waals surface area contributed by atoms with Gasteiger partial charge in [-0.25, -0.2) is 0 Å². The minimum Gasteiger partial charge on any atom is -0.496 e. The fraction of sp³-hybridized carbons (Fsp3) is 0.353. The van der Waals surface area contributed by atoms with Crippen LogP contribution in [0.2, 0.25) is 0 Å². The highest BCUT2D eigenvalue weighted by atomic mass is 32.1. The van der Waals surface area contributed by atoms with Gasteiger partial charge in [0, 0.05) is 11.4 Å². The number of hydrogen-bond donors (Lipinski definition) is 1. The van der Waals surface area contributed by atoms with Gasteiger partial charge in [-0.3, -0.25) is 4.79 Å². The third-order valence-electron chi connectivity index (χ3n) is 3.61. The Balaban J connectivity index is 2.16. The van der Waals surface area contributed by atoms with E-state index in [4.69, 9.17) is 9.47 Å². The predicted molar refractivity (Wildman–Crippen MR) is 92.6 cm³/mol. The van der Waals surface area contributed by atoms with Crippen molar-refractivity contribution >= 4 is 17.2 Å². The van der Waals surface area contributed by atoms with E-state index >= 15 is 0 Å².